The van der Waals surface area contributed by atoms with Gasteiger partial charge < -0.3 is 23.7 Å². The van der Waals surface area contributed by atoms with Gasteiger partial charge in [0.05, 0.1) is 6.42 Å². The number of hydrogen-bond acceptors (Lipinski definition) is 8. The molecule has 1 aliphatic heterocycles. The average molecular weight is 416 g/mol. The summed E-state index contributed by atoms with van der Waals surface area (Å²) in [5.41, 5.74) is 0. The highest BCUT2D eigenvalue weighted by Crippen LogP contribution is 2.29. The molecule has 0 N–H and O–H groups in total. The highest BCUT2D eigenvalue weighted by Gasteiger charge is 2.44. The van der Waals surface area contributed by atoms with Crippen LogP contribution in [0, 0.1) is 0 Å². The van der Waals surface area contributed by atoms with E-state index in [2.05, 4.69) is 0 Å². The maximum Gasteiger partial charge on any atom is 0.303 e. The van der Waals surface area contributed by atoms with Crippen molar-refractivity contribution in [3.05, 3.63) is 42.5 Å². The minimum atomic E-state index is -0.929. The van der Waals surface area contributed by atoms with Crippen LogP contribution >= 0.6 is 0 Å². The number of carbonyl (C=O) groups is 3. The fourth-order valence-corrected chi connectivity index (χ4v) is 3.36. The molecule has 0 aliphatic carbocycles. The van der Waals surface area contributed by atoms with E-state index < -0.39 is 42.5 Å². The number of hydrogen-bond donors (Lipinski definition) is 0. The first kappa shape index (κ1) is 21.6. The summed E-state index contributed by atoms with van der Waals surface area (Å²) in [7, 11) is 0. The molecular formula is C22H24O8. The van der Waals surface area contributed by atoms with Crippen LogP contribution in [0.1, 0.15) is 27.2 Å². The van der Waals surface area contributed by atoms with Gasteiger partial charge in [-0.05, 0) is 22.9 Å². The molecule has 0 spiro atoms. The molecule has 1 heterocycles. The second-order valence-corrected chi connectivity index (χ2v) is 6.99. The molecule has 0 saturated carbocycles. The van der Waals surface area contributed by atoms with Crippen LogP contribution in [0.4, 0.5) is 0 Å². The highest BCUT2D eigenvalue weighted by molar-refractivity contribution is 5.83. The zero-order valence-electron chi connectivity index (χ0n) is 17.0. The SMILES string of the molecule is CC(=O)OC[C@H]1O[C@@H](Oc2ccc3ccccc3c2)C[C@@H](OC(C)=O)[C@H]1OC(C)=O. The predicted octanol–water partition coefficient (Wildman–Crippen LogP) is 2.76. The van der Waals surface area contributed by atoms with E-state index >= 15 is 0 Å². The molecule has 30 heavy (non-hydrogen) atoms. The Morgan fingerprint density at radius 1 is 0.933 bits per heavy atom. The molecule has 2 aromatic rings. The number of fused-ring (bicyclic) bond motifs is 1. The maximum atomic E-state index is 11.6. The van der Waals surface area contributed by atoms with Crippen LogP contribution in [0.3, 0.4) is 0 Å². The Hall–Kier alpha value is -3.13. The summed E-state index contributed by atoms with van der Waals surface area (Å²) < 4.78 is 27.6. The van der Waals surface area contributed by atoms with Gasteiger partial charge in [-0.3, -0.25) is 14.4 Å². The normalized spacial score (nSPS) is 23.4. The van der Waals surface area contributed by atoms with Crippen molar-refractivity contribution < 1.29 is 38.1 Å². The van der Waals surface area contributed by atoms with Crippen LogP contribution < -0.4 is 4.74 Å². The van der Waals surface area contributed by atoms with E-state index in [1.807, 2.05) is 42.5 Å². The van der Waals surface area contributed by atoms with Gasteiger partial charge in [0.2, 0.25) is 6.29 Å². The molecule has 1 aliphatic rings. The molecule has 8 heteroatoms. The van der Waals surface area contributed by atoms with E-state index in [4.69, 9.17) is 23.7 Å². The van der Waals surface area contributed by atoms with Crippen molar-refractivity contribution >= 4 is 28.7 Å². The van der Waals surface area contributed by atoms with Crippen LogP contribution in [0.25, 0.3) is 10.8 Å². The third-order valence-electron chi connectivity index (χ3n) is 4.54. The smallest absolute Gasteiger partial charge is 0.303 e. The Bertz CT molecular complexity index is 924. The molecule has 1 fully saturated rings. The molecule has 8 nitrogen and oxygen atoms in total. The topological polar surface area (TPSA) is 97.4 Å². The van der Waals surface area contributed by atoms with Gasteiger partial charge in [-0.1, -0.05) is 30.3 Å². The molecule has 3 rings (SSSR count). The van der Waals surface area contributed by atoms with Gasteiger partial charge in [0.1, 0.15) is 24.6 Å². The van der Waals surface area contributed by atoms with Gasteiger partial charge in [-0.2, -0.15) is 0 Å². The quantitative estimate of drug-likeness (QED) is 0.524. The Kier molecular flexibility index (Phi) is 6.89. The zero-order valence-corrected chi connectivity index (χ0v) is 17.0. The van der Waals surface area contributed by atoms with Crippen molar-refractivity contribution in [2.45, 2.75) is 51.8 Å². The summed E-state index contributed by atoms with van der Waals surface area (Å²) in [4.78, 5) is 34.4. The van der Waals surface area contributed by atoms with Crippen LogP contribution in [-0.4, -0.2) is 49.1 Å². The number of rotatable bonds is 6. The van der Waals surface area contributed by atoms with Gasteiger partial charge in [0, 0.05) is 20.8 Å². The number of benzene rings is 2. The Balaban J connectivity index is 1.81. The minimum absolute atomic E-state index is 0.140. The Morgan fingerprint density at radius 2 is 1.63 bits per heavy atom. The maximum absolute atomic E-state index is 11.6. The standard InChI is InChI=1S/C22H24O8/c1-13(23)26-12-20-22(28-15(3)25)19(27-14(2)24)11-21(30-20)29-18-9-8-16-6-4-5-7-17(16)10-18/h4-10,19-22H,11-12H2,1-3H3/t19-,20-,21-,22-/m1/s1. The summed E-state index contributed by atoms with van der Waals surface area (Å²) in [5, 5.41) is 2.06. The van der Waals surface area contributed by atoms with Crippen molar-refractivity contribution in [1.29, 1.82) is 0 Å². The largest absolute Gasteiger partial charge is 0.465 e. The molecule has 0 unspecified atom stereocenters. The molecule has 0 amide bonds. The molecular weight excluding hydrogens is 392 g/mol. The van der Waals surface area contributed by atoms with Crippen molar-refractivity contribution in [3.63, 3.8) is 0 Å². The first-order valence-electron chi connectivity index (χ1n) is 9.60. The van der Waals surface area contributed by atoms with E-state index in [-0.39, 0.29) is 13.0 Å². The van der Waals surface area contributed by atoms with Crippen LogP contribution in [0.5, 0.6) is 5.75 Å². The highest BCUT2D eigenvalue weighted by atomic mass is 16.7. The Morgan fingerprint density at radius 3 is 2.30 bits per heavy atom. The number of esters is 3. The summed E-state index contributed by atoms with van der Waals surface area (Å²) in [5.74, 6) is -1.04. The van der Waals surface area contributed by atoms with Crippen molar-refractivity contribution in [2.75, 3.05) is 6.61 Å². The fourth-order valence-electron chi connectivity index (χ4n) is 3.36. The number of carbonyl (C=O) groups excluding carboxylic acids is 3. The lowest BCUT2D eigenvalue weighted by atomic mass is 10.0. The molecule has 160 valence electrons. The summed E-state index contributed by atoms with van der Waals surface area (Å²) >= 11 is 0. The number of ether oxygens (including phenoxy) is 5. The van der Waals surface area contributed by atoms with Gasteiger partial charge in [-0.25, -0.2) is 0 Å². The van der Waals surface area contributed by atoms with Crippen molar-refractivity contribution in [3.8, 4) is 5.75 Å². The summed E-state index contributed by atoms with van der Waals surface area (Å²) in [6.45, 7) is 3.59. The first-order valence-corrected chi connectivity index (χ1v) is 9.60. The predicted molar refractivity (Wildman–Crippen MR) is 106 cm³/mol. The van der Waals surface area contributed by atoms with Gasteiger partial charge in [0.25, 0.3) is 0 Å². The lowest BCUT2D eigenvalue weighted by Crippen LogP contribution is -2.54. The van der Waals surface area contributed by atoms with Crippen LogP contribution in [-0.2, 0) is 33.3 Å². The van der Waals surface area contributed by atoms with Crippen LogP contribution in [0.2, 0.25) is 0 Å². The molecule has 1 saturated heterocycles. The average Bonchev–Trinajstić information content (AvgIpc) is 2.67. The monoisotopic (exact) mass is 416 g/mol. The molecule has 2 aromatic carbocycles. The Labute approximate surface area is 174 Å². The third kappa shape index (κ3) is 5.70. The lowest BCUT2D eigenvalue weighted by molar-refractivity contribution is -0.245. The molecule has 4 atom stereocenters. The summed E-state index contributed by atoms with van der Waals surface area (Å²) in [6, 6.07) is 13.4. The van der Waals surface area contributed by atoms with E-state index in [9.17, 15) is 14.4 Å². The summed E-state index contributed by atoms with van der Waals surface area (Å²) in [6.07, 6.45) is -3.27. The first-order chi connectivity index (χ1) is 14.3. The molecule has 0 bridgehead atoms. The van der Waals surface area contributed by atoms with Crippen LogP contribution in [0.15, 0.2) is 42.5 Å². The fraction of sp³-hybridized carbons (Fsp3) is 0.409. The van der Waals surface area contributed by atoms with E-state index in [1.165, 1.54) is 20.8 Å². The van der Waals surface area contributed by atoms with Gasteiger partial charge >= 0.3 is 17.9 Å². The van der Waals surface area contributed by atoms with E-state index in [0.717, 1.165) is 10.8 Å². The third-order valence-corrected chi connectivity index (χ3v) is 4.54. The van der Waals surface area contributed by atoms with Gasteiger partial charge in [-0.15, -0.1) is 0 Å². The second kappa shape index (κ2) is 9.58. The zero-order chi connectivity index (χ0) is 21.7. The van der Waals surface area contributed by atoms with E-state index in [1.54, 1.807) is 0 Å². The second-order valence-electron chi connectivity index (χ2n) is 6.99. The lowest BCUT2D eigenvalue weighted by Gasteiger charge is -2.39. The van der Waals surface area contributed by atoms with Crippen molar-refractivity contribution in [2.24, 2.45) is 0 Å². The molecule has 0 aromatic heterocycles. The minimum Gasteiger partial charge on any atom is -0.465 e. The van der Waals surface area contributed by atoms with Crippen molar-refractivity contribution in [1.82, 2.24) is 0 Å². The van der Waals surface area contributed by atoms with Gasteiger partial charge in [0.15, 0.2) is 6.10 Å². The molecule has 0 radical (unpaired) electrons. The van der Waals surface area contributed by atoms with E-state index in [0.29, 0.717) is 5.75 Å².